The first kappa shape index (κ1) is 22.8. The van der Waals surface area contributed by atoms with Crippen molar-refractivity contribution in [3.8, 4) is 0 Å². The molecule has 0 aromatic heterocycles. The van der Waals surface area contributed by atoms with Crippen LogP contribution in [0.25, 0.3) is 0 Å². The Morgan fingerprint density at radius 1 is 0.935 bits per heavy atom. The molecule has 0 radical (unpaired) electrons. The Hall–Kier alpha value is -2.83. The van der Waals surface area contributed by atoms with E-state index in [1.807, 2.05) is 6.92 Å². The second-order valence-corrected chi connectivity index (χ2v) is 11.2. The maximum absolute atomic E-state index is 12.9. The number of sulfone groups is 1. The summed E-state index contributed by atoms with van der Waals surface area (Å²) in [7, 11) is -7.48. The first-order chi connectivity index (χ1) is 14.4. The van der Waals surface area contributed by atoms with E-state index in [0.29, 0.717) is 0 Å². The number of aryl methyl sites for hydroxylation is 1. The van der Waals surface area contributed by atoms with E-state index in [-0.39, 0.29) is 41.5 Å². The van der Waals surface area contributed by atoms with Crippen LogP contribution in [0.15, 0.2) is 52.3 Å². The van der Waals surface area contributed by atoms with E-state index >= 15 is 0 Å². The molecule has 0 N–H and O–H groups in total. The molecular weight excluding hydrogens is 446 g/mol. The van der Waals surface area contributed by atoms with Crippen LogP contribution in [-0.4, -0.2) is 69.3 Å². The summed E-state index contributed by atoms with van der Waals surface area (Å²) in [5, 5.41) is 11.2. The average Bonchev–Trinajstić information content (AvgIpc) is 2.72. The fraction of sp³-hybridized carbons (Fsp3) is 0.316. The van der Waals surface area contributed by atoms with Crippen LogP contribution < -0.4 is 0 Å². The molecule has 1 aliphatic heterocycles. The van der Waals surface area contributed by atoms with Crippen molar-refractivity contribution in [2.24, 2.45) is 0 Å². The molecule has 2 aromatic rings. The van der Waals surface area contributed by atoms with Gasteiger partial charge in [0.15, 0.2) is 9.84 Å². The summed E-state index contributed by atoms with van der Waals surface area (Å²) in [5.74, 6) is -0.596. The normalized spacial score (nSPS) is 15.6. The Morgan fingerprint density at radius 2 is 1.52 bits per heavy atom. The van der Waals surface area contributed by atoms with Gasteiger partial charge in [-0.15, -0.1) is 0 Å². The maximum atomic E-state index is 12.9. The molecule has 1 fully saturated rings. The van der Waals surface area contributed by atoms with Crippen LogP contribution in [-0.2, 0) is 19.9 Å². The molecule has 31 heavy (non-hydrogen) atoms. The van der Waals surface area contributed by atoms with Gasteiger partial charge in [0.1, 0.15) is 0 Å². The van der Waals surface area contributed by atoms with Gasteiger partial charge in [-0.25, -0.2) is 16.8 Å². The minimum Gasteiger partial charge on any atom is -0.336 e. The van der Waals surface area contributed by atoms with Crippen molar-refractivity contribution in [1.82, 2.24) is 9.21 Å². The van der Waals surface area contributed by atoms with Gasteiger partial charge in [-0.2, -0.15) is 4.31 Å². The van der Waals surface area contributed by atoms with E-state index in [1.54, 1.807) is 12.1 Å². The number of hydrogen-bond acceptors (Lipinski definition) is 7. The molecule has 0 aliphatic carbocycles. The highest BCUT2D eigenvalue weighted by molar-refractivity contribution is 7.90. The zero-order valence-corrected chi connectivity index (χ0v) is 18.5. The summed E-state index contributed by atoms with van der Waals surface area (Å²) in [6, 6.07) is 9.48. The number of nitrogens with zero attached hydrogens (tertiary/aromatic N) is 3. The summed E-state index contributed by atoms with van der Waals surface area (Å²) < 4.78 is 50.6. The first-order valence-corrected chi connectivity index (χ1v) is 12.6. The Kier molecular flexibility index (Phi) is 6.16. The number of carbonyl (C=O) groups excluding carboxylic acids is 1. The van der Waals surface area contributed by atoms with Gasteiger partial charge in [0.25, 0.3) is 11.6 Å². The molecule has 0 saturated carbocycles. The predicted molar refractivity (Wildman–Crippen MR) is 112 cm³/mol. The molecule has 10 nitrogen and oxygen atoms in total. The minimum absolute atomic E-state index is 0.0514. The van der Waals surface area contributed by atoms with Gasteiger partial charge in [-0.05, 0) is 25.1 Å². The lowest BCUT2D eigenvalue weighted by Crippen LogP contribution is -2.50. The van der Waals surface area contributed by atoms with Gasteiger partial charge < -0.3 is 4.90 Å². The number of carbonyl (C=O) groups is 1. The van der Waals surface area contributed by atoms with Crippen molar-refractivity contribution >= 4 is 31.5 Å². The summed E-state index contributed by atoms with van der Waals surface area (Å²) in [4.78, 5) is 24.4. The van der Waals surface area contributed by atoms with Gasteiger partial charge in [0.05, 0.1) is 14.7 Å². The standard InChI is InChI=1S/C19H21N3O7S2/c1-14-3-5-17(6-4-14)31(28,29)21-9-7-20(8-10-21)19(23)15-11-16(22(24)25)13-18(12-15)30(2,26)27/h3-6,11-13H,7-10H2,1-2H3. The molecule has 3 rings (SSSR count). The van der Waals surface area contributed by atoms with Gasteiger partial charge in [0.2, 0.25) is 10.0 Å². The average molecular weight is 468 g/mol. The van der Waals surface area contributed by atoms with Crippen LogP contribution in [0.3, 0.4) is 0 Å². The quantitative estimate of drug-likeness (QED) is 0.480. The number of amides is 1. The molecule has 2 aromatic carbocycles. The van der Waals surface area contributed by atoms with Gasteiger partial charge in [0, 0.05) is 50.1 Å². The van der Waals surface area contributed by atoms with Crippen LogP contribution >= 0.6 is 0 Å². The zero-order valence-electron chi connectivity index (χ0n) is 16.9. The fourth-order valence-corrected chi connectivity index (χ4v) is 5.30. The van der Waals surface area contributed by atoms with Crippen molar-refractivity contribution < 1.29 is 26.6 Å². The van der Waals surface area contributed by atoms with Crippen molar-refractivity contribution in [2.75, 3.05) is 32.4 Å². The Bertz CT molecular complexity index is 1230. The second-order valence-electron chi connectivity index (χ2n) is 7.25. The largest absolute Gasteiger partial charge is 0.336 e. The zero-order chi connectivity index (χ0) is 23.0. The molecule has 166 valence electrons. The first-order valence-electron chi connectivity index (χ1n) is 9.25. The fourth-order valence-electron chi connectivity index (χ4n) is 3.20. The lowest BCUT2D eigenvalue weighted by Gasteiger charge is -2.34. The smallest absolute Gasteiger partial charge is 0.271 e. The molecule has 1 saturated heterocycles. The molecule has 0 bridgehead atoms. The number of nitro groups is 1. The SMILES string of the molecule is Cc1ccc(S(=O)(=O)N2CCN(C(=O)c3cc([N+](=O)[O-])cc(S(C)(=O)=O)c3)CC2)cc1. The van der Waals surface area contributed by atoms with E-state index in [4.69, 9.17) is 0 Å². The third kappa shape index (κ3) is 4.92. The molecule has 0 unspecified atom stereocenters. The van der Waals surface area contributed by atoms with Crippen molar-refractivity contribution in [2.45, 2.75) is 16.7 Å². The summed E-state index contributed by atoms with van der Waals surface area (Å²) in [6.45, 7) is 2.09. The molecule has 0 spiro atoms. The highest BCUT2D eigenvalue weighted by Crippen LogP contribution is 2.23. The lowest BCUT2D eigenvalue weighted by atomic mass is 10.1. The number of rotatable bonds is 5. The maximum Gasteiger partial charge on any atom is 0.271 e. The number of hydrogen-bond donors (Lipinski definition) is 0. The number of sulfonamides is 1. The van der Waals surface area contributed by atoms with E-state index in [0.717, 1.165) is 30.0 Å². The molecule has 0 atom stereocenters. The van der Waals surface area contributed by atoms with Crippen LogP contribution in [0.2, 0.25) is 0 Å². The summed E-state index contributed by atoms with van der Waals surface area (Å²) in [5.41, 5.74) is 0.288. The monoisotopic (exact) mass is 467 g/mol. The van der Waals surface area contributed by atoms with Gasteiger partial charge in [-0.1, -0.05) is 17.7 Å². The molecule has 12 heteroatoms. The Labute approximate surface area is 180 Å². The van der Waals surface area contributed by atoms with Crippen molar-refractivity contribution in [3.05, 3.63) is 63.7 Å². The third-order valence-corrected chi connectivity index (χ3v) is 7.97. The van der Waals surface area contributed by atoms with E-state index in [1.165, 1.54) is 21.3 Å². The van der Waals surface area contributed by atoms with Gasteiger partial charge in [-0.3, -0.25) is 14.9 Å². The van der Waals surface area contributed by atoms with Crippen LogP contribution in [0.5, 0.6) is 0 Å². The predicted octanol–water partition coefficient (Wildman–Crippen LogP) is 1.45. The van der Waals surface area contributed by atoms with E-state index in [9.17, 15) is 31.7 Å². The molecular formula is C19H21N3O7S2. The van der Waals surface area contributed by atoms with Crippen LogP contribution in [0.1, 0.15) is 15.9 Å². The number of non-ortho nitro benzene ring substituents is 1. The van der Waals surface area contributed by atoms with Crippen LogP contribution in [0.4, 0.5) is 5.69 Å². The highest BCUT2D eigenvalue weighted by Gasteiger charge is 2.31. The van der Waals surface area contributed by atoms with E-state index in [2.05, 4.69) is 0 Å². The lowest BCUT2D eigenvalue weighted by molar-refractivity contribution is -0.385. The van der Waals surface area contributed by atoms with Gasteiger partial charge >= 0.3 is 0 Å². The number of nitro benzene ring substituents is 1. The highest BCUT2D eigenvalue weighted by atomic mass is 32.2. The topological polar surface area (TPSA) is 135 Å². The van der Waals surface area contributed by atoms with Crippen LogP contribution in [0, 0.1) is 17.0 Å². The Balaban J connectivity index is 1.80. The summed E-state index contributed by atoms with van der Waals surface area (Å²) >= 11 is 0. The van der Waals surface area contributed by atoms with Crippen molar-refractivity contribution in [1.29, 1.82) is 0 Å². The molecule has 1 amide bonds. The van der Waals surface area contributed by atoms with Crippen molar-refractivity contribution in [3.63, 3.8) is 0 Å². The third-order valence-electron chi connectivity index (χ3n) is 4.96. The molecule has 1 aliphatic rings. The Morgan fingerprint density at radius 3 is 2.03 bits per heavy atom. The second kappa shape index (κ2) is 8.36. The number of benzene rings is 2. The summed E-state index contributed by atoms with van der Waals surface area (Å²) in [6.07, 6.45) is 0.898. The van der Waals surface area contributed by atoms with E-state index < -0.39 is 36.4 Å². The number of piperazine rings is 1. The minimum atomic E-state index is -3.77. The molecule has 1 heterocycles.